The molecule has 142 valence electrons. The number of sulfonamides is 1. The Labute approximate surface area is 155 Å². The molecule has 1 amide bonds. The first-order valence-electron chi connectivity index (χ1n) is 7.78. The van der Waals surface area contributed by atoms with Gasteiger partial charge in [0.25, 0.3) is 5.91 Å². The van der Waals surface area contributed by atoms with Crippen molar-refractivity contribution in [3.05, 3.63) is 71.4 Å². The number of carbonyl (C=O) groups is 2. The lowest BCUT2D eigenvalue weighted by Crippen LogP contribution is -2.31. The monoisotopic (exact) mass is 392 g/mol. The number of carbonyl (C=O) groups excluding carboxylic acids is 2. The molecule has 2 aromatic rings. The molecule has 0 saturated carbocycles. The van der Waals surface area contributed by atoms with Gasteiger partial charge in [0, 0.05) is 5.41 Å². The highest BCUT2D eigenvalue weighted by Gasteiger charge is 2.12. The minimum atomic E-state index is -3.85. The van der Waals surface area contributed by atoms with Gasteiger partial charge in [0.05, 0.1) is 5.69 Å². The Bertz CT molecular complexity index is 930. The zero-order valence-corrected chi connectivity index (χ0v) is 14.9. The van der Waals surface area contributed by atoms with Crippen molar-refractivity contribution in [2.45, 2.75) is 0 Å². The number of nitrogens with one attached hydrogen (secondary N) is 2. The first-order valence-corrected chi connectivity index (χ1v) is 9.33. The number of anilines is 1. The van der Waals surface area contributed by atoms with Gasteiger partial charge in [-0.15, -0.1) is 0 Å². The van der Waals surface area contributed by atoms with Crippen molar-refractivity contribution in [3.8, 4) is 0 Å². The summed E-state index contributed by atoms with van der Waals surface area (Å²) in [6, 6.07) is 14.2. The lowest BCUT2D eigenvalue weighted by atomic mass is 10.2. The van der Waals surface area contributed by atoms with E-state index in [1.165, 1.54) is 30.3 Å². The fourth-order valence-electron chi connectivity index (χ4n) is 1.89. The molecule has 0 fully saturated rings. The molecule has 27 heavy (non-hydrogen) atoms. The molecule has 0 atom stereocenters. The molecule has 0 aliphatic heterocycles. The zero-order valence-electron chi connectivity index (χ0n) is 14.1. The van der Waals surface area contributed by atoms with Gasteiger partial charge in [-0.3, -0.25) is 9.59 Å². The summed E-state index contributed by atoms with van der Waals surface area (Å²) in [7, 11) is -3.85. The maximum atomic E-state index is 13.4. The van der Waals surface area contributed by atoms with Gasteiger partial charge in [-0.25, -0.2) is 17.5 Å². The van der Waals surface area contributed by atoms with E-state index in [0.717, 1.165) is 5.41 Å². The molecule has 0 spiro atoms. The van der Waals surface area contributed by atoms with Crippen LogP contribution in [-0.2, 0) is 24.3 Å². The van der Waals surface area contributed by atoms with E-state index in [9.17, 15) is 22.4 Å². The summed E-state index contributed by atoms with van der Waals surface area (Å²) >= 11 is 0. The van der Waals surface area contributed by atoms with Crippen LogP contribution >= 0.6 is 0 Å². The van der Waals surface area contributed by atoms with E-state index in [2.05, 4.69) is 10.1 Å². The SMILES string of the molecule is O=C(COC(=O)CNS(=O)(=O)/C=C/c1ccccc1)Nc1ccccc1F. The van der Waals surface area contributed by atoms with E-state index in [4.69, 9.17) is 0 Å². The Morgan fingerprint density at radius 3 is 2.41 bits per heavy atom. The first kappa shape index (κ1) is 20.3. The zero-order chi connectivity index (χ0) is 19.7. The summed E-state index contributed by atoms with van der Waals surface area (Å²) in [4.78, 5) is 23.2. The summed E-state index contributed by atoms with van der Waals surface area (Å²) in [6.45, 7) is -1.32. The van der Waals surface area contributed by atoms with Gasteiger partial charge in [-0.2, -0.15) is 0 Å². The second-order valence-electron chi connectivity index (χ2n) is 5.27. The third-order valence-corrected chi connectivity index (χ3v) is 4.21. The second-order valence-corrected chi connectivity index (χ2v) is 6.92. The second kappa shape index (κ2) is 9.60. The normalized spacial score (nSPS) is 11.3. The van der Waals surface area contributed by atoms with E-state index in [1.807, 2.05) is 4.72 Å². The number of para-hydroxylation sites is 1. The van der Waals surface area contributed by atoms with Crippen molar-refractivity contribution in [1.82, 2.24) is 4.72 Å². The van der Waals surface area contributed by atoms with Crippen LogP contribution in [0.1, 0.15) is 5.56 Å². The lowest BCUT2D eigenvalue weighted by Gasteiger charge is -2.07. The summed E-state index contributed by atoms with van der Waals surface area (Å²) in [5.41, 5.74) is 0.626. The van der Waals surface area contributed by atoms with Gasteiger partial charge in [-0.05, 0) is 23.8 Å². The Kier molecular flexibility index (Phi) is 7.21. The number of benzene rings is 2. The van der Waals surface area contributed by atoms with Crippen LogP contribution in [0, 0.1) is 5.82 Å². The van der Waals surface area contributed by atoms with Crippen molar-refractivity contribution >= 4 is 33.7 Å². The fourth-order valence-corrected chi connectivity index (χ4v) is 2.64. The molecular formula is C18H17FN2O5S. The molecule has 2 N–H and O–H groups in total. The number of hydrogen-bond acceptors (Lipinski definition) is 5. The third-order valence-electron chi connectivity index (χ3n) is 3.17. The van der Waals surface area contributed by atoms with Crippen molar-refractivity contribution in [2.75, 3.05) is 18.5 Å². The molecule has 0 aliphatic carbocycles. The van der Waals surface area contributed by atoms with Gasteiger partial charge in [0.2, 0.25) is 10.0 Å². The van der Waals surface area contributed by atoms with Crippen molar-refractivity contribution < 1.29 is 27.1 Å². The van der Waals surface area contributed by atoms with Crippen LogP contribution < -0.4 is 10.0 Å². The largest absolute Gasteiger partial charge is 0.455 e. The van der Waals surface area contributed by atoms with Gasteiger partial charge < -0.3 is 10.1 Å². The quantitative estimate of drug-likeness (QED) is 0.668. The molecule has 0 bridgehead atoms. The average Bonchev–Trinajstić information content (AvgIpc) is 2.66. The smallest absolute Gasteiger partial charge is 0.321 e. The fraction of sp³-hybridized carbons (Fsp3) is 0.111. The predicted molar refractivity (Wildman–Crippen MR) is 98.4 cm³/mol. The minimum Gasteiger partial charge on any atom is -0.455 e. The van der Waals surface area contributed by atoms with Gasteiger partial charge in [-0.1, -0.05) is 42.5 Å². The van der Waals surface area contributed by atoms with Crippen molar-refractivity contribution in [3.63, 3.8) is 0 Å². The van der Waals surface area contributed by atoms with Crippen LogP contribution in [0.5, 0.6) is 0 Å². The van der Waals surface area contributed by atoms with Crippen LogP contribution in [0.2, 0.25) is 0 Å². The molecule has 0 radical (unpaired) electrons. The molecule has 7 nitrogen and oxygen atoms in total. The highest BCUT2D eigenvalue weighted by Crippen LogP contribution is 2.11. The van der Waals surface area contributed by atoms with Crippen LogP contribution in [0.25, 0.3) is 6.08 Å². The Balaban J connectivity index is 1.76. The Morgan fingerprint density at radius 1 is 1.04 bits per heavy atom. The van der Waals surface area contributed by atoms with E-state index in [1.54, 1.807) is 30.3 Å². The molecular weight excluding hydrogens is 375 g/mol. The Morgan fingerprint density at radius 2 is 1.70 bits per heavy atom. The average molecular weight is 392 g/mol. The van der Waals surface area contributed by atoms with E-state index >= 15 is 0 Å². The number of esters is 1. The van der Waals surface area contributed by atoms with Crippen molar-refractivity contribution in [2.24, 2.45) is 0 Å². The number of halogens is 1. The van der Waals surface area contributed by atoms with Crippen LogP contribution in [0.3, 0.4) is 0 Å². The molecule has 2 aromatic carbocycles. The molecule has 0 heterocycles. The lowest BCUT2D eigenvalue weighted by molar-refractivity contribution is -0.146. The minimum absolute atomic E-state index is 0.0506. The summed E-state index contributed by atoms with van der Waals surface area (Å²) < 4.78 is 43.7. The van der Waals surface area contributed by atoms with Crippen LogP contribution in [-0.4, -0.2) is 33.4 Å². The van der Waals surface area contributed by atoms with E-state index in [-0.39, 0.29) is 5.69 Å². The van der Waals surface area contributed by atoms with Gasteiger partial charge >= 0.3 is 5.97 Å². The number of amides is 1. The summed E-state index contributed by atoms with van der Waals surface area (Å²) in [5.74, 6) is -2.33. The highest BCUT2D eigenvalue weighted by atomic mass is 32.2. The third kappa shape index (κ3) is 7.38. The molecule has 9 heteroatoms. The standard InChI is InChI=1S/C18H17FN2O5S/c19-15-8-4-5-9-16(15)21-17(22)13-26-18(23)12-20-27(24,25)11-10-14-6-2-1-3-7-14/h1-11,20H,12-13H2,(H,21,22)/b11-10+. The topological polar surface area (TPSA) is 102 Å². The maximum absolute atomic E-state index is 13.4. The number of ether oxygens (including phenoxy) is 1. The highest BCUT2D eigenvalue weighted by molar-refractivity contribution is 7.92. The molecule has 0 aliphatic rings. The van der Waals surface area contributed by atoms with Crippen LogP contribution in [0.15, 0.2) is 60.0 Å². The Hall–Kier alpha value is -3.04. The van der Waals surface area contributed by atoms with E-state index < -0.39 is 40.9 Å². The molecule has 0 saturated heterocycles. The van der Waals surface area contributed by atoms with Crippen molar-refractivity contribution in [1.29, 1.82) is 0 Å². The van der Waals surface area contributed by atoms with Gasteiger partial charge in [0.15, 0.2) is 6.61 Å². The van der Waals surface area contributed by atoms with Crippen LogP contribution in [0.4, 0.5) is 10.1 Å². The maximum Gasteiger partial charge on any atom is 0.321 e. The van der Waals surface area contributed by atoms with Gasteiger partial charge in [0.1, 0.15) is 12.4 Å². The molecule has 0 aromatic heterocycles. The predicted octanol–water partition coefficient (Wildman–Crippen LogP) is 1.90. The summed E-state index contributed by atoms with van der Waals surface area (Å²) in [6.07, 6.45) is 1.37. The first-order chi connectivity index (χ1) is 12.9. The molecule has 0 unspecified atom stereocenters. The number of hydrogen-bond donors (Lipinski definition) is 2. The molecule has 2 rings (SSSR count). The summed E-state index contributed by atoms with van der Waals surface area (Å²) in [5, 5.41) is 3.15. The van der Waals surface area contributed by atoms with E-state index in [0.29, 0.717) is 5.56 Å². The number of rotatable bonds is 8.